The highest BCUT2D eigenvalue weighted by Gasteiger charge is 2.33. The molecule has 6 nitrogen and oxygen atoms in total. The average molecular weight is 495 g/mol. The number of hydrogen-bond acceptors (Lipinski definition) is 5. The minimum absolute atomic E-state index is 0.0693. The standard InChI is InChI=1S/C26H24ClN3O3S/c27-23-14-8-7-13-22(23)24-28-25(34(31,32)21-11-5-2-6-12-21)26(33-24)30-17-15-29(16-18-30)19-20-9-3-1-4-10-20/h1-14H,15-19H2/p+1. The molecule has 8 heteroatoms. The van der Waals surface area contributed by atoms with Gasteiger partial charge in [0.1, 0.15) is 6.54 Å². The first-order valence-electron chi connectivity index (χ1n) is 11.2. The van der Waals surface area contributed by atoms with E-state index in [4.69, 9.17) is 16.0 Å². The molecule has 0 spiro atoms. The summed E-state index contributed by atoms with van der Waals surface area (Å²) in [6, 6.07) is 25.9. The van der Waals surface area contributed by atoms with E-state index in [9.17, 15) is 8.42 Å². The molecule has 0 bridgehead atoms. The Labute approximate surface area is 204 Å². The topological polar surface area (TPSA) is 67.9 Å². The van der Waals surface area contributed by atoms with Gasteiger partial charge in [-0.3, -0.25) is 0 Å². The molecule has 0 atom stereocenters. The third-order valence-electron chi connectivity index (χ3n) is 6.05. The smallest absolute Gasteiger partial charge is 0.236 e. The molecule has 34 heavy (non-hydrogen) atoms. The van der Waals surface area contributed by atoms with Gasteiger partial charge < -0.3 is 14.2 Å². The van der Waals surface area contributed by atoms with Crippen molar-refractivity contribution in [2.45, 2.75) is 16.5 Å². The van der Waals surface area contributed by atoms with Gasteiger partial charge >= 0.3 is 0 Å². The van der Waals surface area contributed by atoms with Crippen LogP contribution >= 0.6 is 11.6 Å². The first-order chi connectivity index (χ1) is 16.5. The van der Waals surface area contributed by atoms with Gasteiger partial charge in [0.15, 0.2) is 0 Å². The number of oxazole rings is 1. The summed E-state index contributed by atoms with van der Waals surface area (Å²) in [5.74, 6) is 0.478. The number of anilines is 1. The van der Waals surface area contributed by atoms with Crippen molar-refractivity contribution in [2.24, 2.45) is 0 Å². The molecular formula is C26H25ClN3O3S+. The molecule has 4 aromatic rings. The van der Waals surface area contributed by atoms with E-state index in [1.807, 2.05) is 23.1 Å². The predicted molar refractivity (Wildman–Crippen MR) is 132 cm³/mol. The molecule has 0 radical (unpaired) electrons. The number of rotatable bonds is 6. The molecule has 0 unspecified atom stereocenters. The molecule has 1 fully saturated rings. The number of piperazine rings is 1. The van der Waals surface area contributed by atoms with Gasteiger partial charge in [0.25, 0.3) is 0 Å². The van der Waals surface area contributed by atoms with E-state index in [0.29, 0.717) is 23.7 Å². The fourth-order valence-corrected chi connectivity index (χ4v) is 5.78. The fraction of sp³-hybridized carbons (Fsp3) is 0.192. The Kier molecular flexibility index (Phi) is 6.41. The van der Waals surface area contributed by atoms with Crippen LogP contribution in [0.4, 0.5) is 5.88 Å². The zero-order chi connectivity index (χ0) is 23.5. The quantitative estimate of drug-likeness (QED) is 0.442. The van der Waals surface area contributed by atoms with Gasteiger partial charge in [-0.2, -0.15) is 4.98 Å². The molecule has 0 aliphatic carbocycles. The molecular weight excluding hydrogens is 470 g/mol. The van der Waals surface area contributed by atoms with Crippen molar-refractivity contribution in [3.63, 3.8) is 0 Å². The van der Waals surface area contributed by atoms with Crippen molar-refractivity contribution in [3.05, 3.63) is 95.5 Å². The van der Waals surface area contributed by atoms with Crippen molar-refractivity contribution in [1.29, 1.82) is 0 Å². The highest BCUT2D eigenvalue weighted by molar-refractivity contribution is 7.91. The van der Waals surface area contributed by atoms with Crippen LogP contribution in [0.15, 0.2) is 99.3 Å². The molecule has 1 aromatic heterocycles. The molecule has 2 heterocycles. The normalized spacial score (nSPS) is 14.9. The first-order valence-corrected chi connectivity index (χ1v) is 13.1. The van der Waals surface area contributed by atoms with Gasteiger partial charge in [0.05, 0.1) is 41.7 Å². The predicted octanol–water partition coefficient (Wildman–Crippen LogP) is 3.73. The van der Waals surface area contributed by atoms with Gasteiger partial charge in [0.2, 0.25) is 26.6 Å². The van der Waals surface area contributed by atoms with Crippen molar-refractivity contribution in [2.75, 3.05) is 31.1 Å². The number of nitrogens with zero attached hydrogens (tertiary/aromatic N) is 2. The maximum Gasteiger partial charge on any atom is 0.236 e. The Bertz CT molecular complexity index is 1370. The number of aromatic nitrogens is 1. The summed E-state index contributed by atoms with van der Waals surface area (Å²) < 4.78 is 33.2. The Morgan fingerprint density at radius 2 is 1.50 bits per heavy atom. The maximum atomic E-state index is 13.5. The average Bonchev–Trinajstić information content (AvgIpc) is 3.32. The molecule has 1 N–H and O–H groups in total. The summed E-state index contributed by atoms with van der Waals surface area (Å²) in [4.78, 5) is 8.08. The third kappa shape index (κ3) is 4.59. The molecule has 1 saturated heterocycles. The lowest BCUT2D eigenvalue weighted by atomic mass is 10.2. The van der Waals surface area contributed by atoms with E-state index in [-0.39, 0.29) is 21.7 Å². The van der Waals surface area contributed by atoms with Crippen LogP contribution in [0.2, 0.25) is 5.02 Å². The highest BCUT2D eigenvalue weighted by Crippen LogP contribution is 2.36. The maximum absolute atomic E-state index is 13.5. The van der Waals surface area contributed by atoms with Crippen LogP contribution in [0.1, 0.15) is 5.56 Å². The number of nitrogens with one attached hydrogen (secondary N) is 1. The molecule has 5 rings (SSSR count). The van der Waals surface area contributed by atoms with Crippen molar-refractivity contribution < 1.29 is 17.7 Å². The fourth-order valence-electron chi connectivity index (χ4n) is 4.22. The number of benzene rings is 3. The summed E-state index contributed by atoms with van der Waals surface area (Å²) in [7, 11) is -3.88. The van der Waals surface area contributed by atoms with Crippen LogP contribution in [0, 0.1) is 0 Å². The summed E-state index contributed by atoms with van der Waals surface area (Å²) in [6.07, 6.45) is 0. The molecule has 0 saturated carbocycles. The summed E-state index contributed by atoms with van der Waals surface area (Å²) >= 11 is 6.37. The third-order valence-corrected chi connectivity index (χ3v) is 8.04. The van der Waals surface area contributed by atoms with E-state index in [2.05, 4.69) is 29.2 Å². The number of quaternary nitrogens is 1. The molecule has 174 valence electrons. The van der Waals surface area contributed by atoms with Gasteiger partial charge in [-0.25, -0.2) is 8.42 Å². The van der Waals surface area contributed by atoms with Gasteiger partial charge in [-0.05, 0) is 24.3 Å². The van der Waals surface area contributed by atoms with Crippen molar-refractivity contribution >= 4 is 27.3 Å². The SMILES string of the molecule is O=S(=O)(c1ccccc1)c1nc(-c2ccccc2Cl)oc1N1CC[NH+](Cc2ccccc2)CC1. The van der Waals surface area contributed by atoms with Crippen LogP contribution in [-0.4, -0.2) is 39.6 Å². The number of halogens is 1. The van der Waals surface area contributed by atoms with E-state index >= 15 is 0 Å². The minimum Gasteiger partial charge on any atom is -0.419 e. The molecule has 1 aliphatic rings. The van der Waals surface area contributed by atoms with E-state index in [1.54, 1.807) is 42.5 Å². The zero-order valence-electron chi connectivity index (χ0n) is 18.5. The summed E-state index contributed by atoms with van der Waals surface area (Å²) in [5.41, 5.74) is 1.85. The molecule has 0 amide bonds. The second kappa shape index (κ2) is 9.62. The lowest BCUT2D eigenvalue weighted by Crippen LogP contribution is -3.13. The van der Waals surface area contributed by atoms with E-state index in [0.717, 1.165) is 19.6 Å². The molecule has 1 aliphatic heterocycles. The van der Waals surface area contributed by atoms with Crippen LogP contribution in [0.5, 0.6) is 0 Å². The Morgan fingerprint density at radius 1 is 0.882 bits per heavy atom. The van der Waals surface area contributed by atoms with Crippen LogP contribution in [0.25, 0.3) is 11.5 Å². The largest absolute Gasteiger partial charge is 0.419 e. The van der Waals surface area contributed by atoms with Crippen LogP contribution in [0.3, 0.4) is 0 Å². The van der Waals surface area contributed by atoms with Crippen molar-refractivity contribution in [3.8, 4) is 11.5 Å². The van der Waals surface area contributed by atoms with Gasteiger partial charge in [-0.1, -0.05) is 72.3 Å². The number of sulfone groups is 1. The lowest BCUT2D eigenvalue weighted by molar-refractivity contribution is -0.914. The Hall–Kier alpha value is -3.13. The van der Waals surface area contributed by atoms with E-state index in [1.165, 1.54) is 10.5 Å². The van der Waals surface area contributed by atoms with Gasteiger partial charge in [0, 0.05) is 5.56 Å². The van der Waals surface area contributed by atoms with Crippen LogP contribution < -0.4 is 9.80 Å². The second-order valence-corrected chi connectivity index (χ2v) is 10.6. The summed E-state index contributed by atoms with van der Waals surface area (Å²) in [5, 5.41) is 0.385. The highest BCUT2D eigenvalue weighted by atomic mass is 35.5. The van der Waals surface area contributed by atoms with E-state index < -0.39 is 9.84 Å². The molecule has 3 aromatic carbocycles. The van der Waals surface area contributed by atoms with Gasteiger partial charge in [-0.15, -0.1) is 0 Å². The van der Waals surface area contributed by atoms with Crippen molar-refractivity contribution in [1.82, 2.24) is 4.98 Å². The minimum atomic E-state index is -3.88. The number of hydrogen-bond donors (Lipinski definition) is 1. The lowest BCUT2D eigenvalue weighted by Gasteiger charge is -2.32. The Morgan fingerprint density at radius 3 is 2.18 bits per heavy atom. The monoisotopic (exact) mass is 494 g/mol. The zero-order valence-corrected chi connectivity index (χ0v) is 20.1. The first kappa shape index (κ1) is 22.7. The van der Waals surface area contributed by atoms with Crippen LogP contribution in [-0.2, 0) is 16.4 Å². The Balaban J connectivity index is 1.47. The second-order valence-electron chi connectivity index (χ2n) is 8.33. The summed E-state index contributed by atoms with van der Waals surface area (Å²) in [6.45, 7) is 3.99.